The van der Waals surface area contributed by atoms with E-state index in [4.69, 9.17) is 46.7 Å². The minimum Gasteiger partial charge on any atom is -0.347 e. The van der Waals surface area contributed by atoms with E-state index in [0.29, 0.717) is 20.6 Å². The second-order valence-corrected chi connectivity index (χ2v) is 3.88. The van der Waals surface area contributed by atoms with Crippen molar-refractivity contribution < 1.29 is 9.08 Å². The predicted octanol–water partition coefficient (Wildman–Crippen LogP) is 3.89. The summed E-state index contributed by atoms with van der Waals surface area (Å²) in [6.45, 7) is 0. The molecule has 0 aliphatic carbocycles. The third kappa shape index (κ3) is 2.92. The molecule has 1 aromatic rings. The van der Waals surface area contributed by atoms with Crippen molar-refractivity contribution in [3.8, 4) is 0 Å². The van der Waals surface area contributed by atoms with Gasteiger partial charge in [-0.25, -0.2) is 0 Å². The van der Waals surface area contributed by atoms with E-state index in [9.17, 15) is 4.79 Å². The van der Waals surface area contributed by atoms with E-state index in [1.807, 2.05) is 0 Å². The van der Waals surface area contributed by atoms with Crippen molar-refractivity contribution in [1.82, 2.24) is 0 Å². The Morgan fingerprint density at radius 2 is 1.71 bits per heavy atom. The Hall–Kier alpha value is -0.150. The van der Waals surface area contributed by atoms with Crippen molar-refractivity contribution in [2.75, 3.05) is 0 Å². The van der Waals surface area contributed by atoms with Crippen LogP contribution in [-0.2, 0) is 15.5 Å². The molecule has 0 aliphatic rings. The highest BCUT2D eigenvalue weighted by Gasteiger charge is 2.12. The molecule has 0 heterocycles. The number of hydrogen-bond donors (Lipinski definition) is 0. The van der Waals surface area contributed by atoms with Crippen LogP contribution in [0.25, 0.3) is 0 Å². The minimum atomic E-state index is -0.627. The molecule has 0 unspecified atom stereocenters. The van der Waals surface area contributed by atoms with Gasteiger partial charge in [0, 0.05) is 20.6 Å². The molecule has 0 bridgehead atoms. The van der Waals surface area contributed by atoms with Crippen LogP contribution in [-0.4, -0.2) is 5.97 Å². The van der Waals surface area contributed by atoms with E-state index in [0.717, 1.165) is 0 Å². The highest BCUT2D eigenvalue weighted by molar-refractivity contribution is 6.39. The van der Waals surface area contributed by atoms with Crippen molar-refractivity contribution in [1.29, 1.82) is 0 Å². The summed E-state index contributed by atoms with van der Waals surface area (Å²) in [5.41, 5.74) is 0.448. The number of rotatable bonds is 2. The molecule has 6 heteroatoms. The average Bonchev–Trinajstić information content (AvgIpc) is 2.10. The van der Waals surface area contributed by atoms with Crippen molar-refractivity contribution in [3.05, 3.63) is 32.8 Å². The molecule has 76 valence electrons. The summed E-state index contributed by atoms with van der Waals surface area (Å²) in [4.78, 5) is 10.9. The monoisotopic (exact) mass is 272 g/mol. The average molecular weight is 274 g/mol. The topological polar surface area (TPSA) is 26.3 Å². The second-order valence-electron chi connectivity index (χ2n) is 2.47. The van der Waals surface area contributed by atoms with Gasteiger partial charge in [-0.15, -0.1) is 0 Å². The lowest BCUT2D eigenvalue weighted by molar-refractivity contribution is -0.133. The molecule has 1 rings (SSSR count). The van der Waals surface area contributed by atoms with Crippen molar-refractivity contribution in [2.45, 2.75) is 6.42 Å². The third-order valence-electron chi connectivity index (χ3n) is 1.51. The Labute approximate surface area is 101 Å². The van der Waals surface area contributed by atoms with Gasteiger partial charge in [-0.2, -0.15) is 0 Å². The lowest BCUT2D eigenvalue weighted by Gasteiger charge is -2.05. The standard InChI is InChI=1S/C8H4Cl4O2/c9-4-1-6(10)5(7(11)2-4)3-8(13)14-12/h1-2H,3H2. The van der Waals surface area contributed by atoms with Crippen LogP contribution in [0.3, 0.4) is 0 Å². The number of carbonyl (C=O) groups excluding carboxylic acids is 1. The highest BCUT2D eigenvalue weighted by Crippen LogP contribution is 2.29. The van der Waals surface area contributed by atoms with E-state index >= 15 is 0 Å². The van der Waals surface area contributed by atoms with Crippen molar-refractivity contribution in [3.63, 3.8) is 0 Å². The number of halogens is 4. The molecule has 0 atom stereocenters. The molecule has 0 N–H and O–H groups in total. The molecule has 2 nitrogen and oxygen atoms in total. The zero-order valence-electron chi connectivity index (χ0n) is 6.69. The molecule has 0 radical (unpaired) electrons. The van der Waals surface area contributed by atoms with E-state index in [2.05, 4.69) is 4.29 Å². The lowest BCUT2D eigenvalue weighted by atomic mass is 10.1. The molecule has 14 heavy (non-hydrogen) atoms. The first-order valence-electron chi connectivity index (χ1n) is 3.49. The van der Waals surface area contributed by atoms with Crippen LogP contribution in [0.5, 0.6) is 0 Å². The maximum Gasteiger partial charge on any atom is 0.329 e. The van der Waals surface area contributed by atoms with Crippen LogP contribution in [0.2, 0.25) is 15.1 Å². The van der Waals surface area contributed by atoms with Crippen LogP contribution in [0.1, 0.15) is 5.56 Å². The molecule has 0 amide bonds. The highest BCUT2D eigenvalue weighted by atomic mass is 35.5. The van der Waals surface area contributed by atoms with Gasteiger partial charge < -0.3 is 4.29 Å². The van der Waals surface area contributed by atoms with Crippen molar-refractivity contribution >= 4 is 52.6 Å². The summed E-state index contributed by atoms with van der Waals surface area (Å²) in [5, 5.41) is 1.03. The Balaban J connectivity index is 3.02. The Morgan fingerprint density at radius 3 is 2.14 bits per heavy atom. The van der Waals surface area contributed by atoms with E-state index in [1.54, 1.807) is 0 Å². The molecule has 0 fully saturated rings. The SMILES string of the molecule is O=C(Cc1c(Cl)cc(Cl)cc1Cl)OCl. The smallest absolute Gasteiger partial charge is 0.329 e. The molecular formula is C8H4Cl4O2. The zero-order chi connectivity index (χ0) is 10.7. The first-order chi connectivity index (χ1) is 6.54. The van der Waals surface area contributed by atoms with E-state index in [-0.39, 0.29) is 6.42 Å². The fraction of sp³-hybridized carbons (Fsp3) is 0.125. The van der Waals surface area contributed by atoms with Gasteiger partial charge in [-0.3, -0.25) is 4.79 Å². The Morgan fingerprint density at radius 1 is 1.21 bits per heavy atom. The third-order valence-corrected chi connectivity index (χ3v) is 2.58. The first kappa shape index (κ1) is 11.9. The number of hydrogen-bond acceptors (Lipinski definition) is 2. The molecule has 0 spiro atoms. The van der Waals surface area contributed by atoms with Gasteiger partial charge >= 0.3 is 5.97 Å². The fourth-order valence-electron chi connectivity index (χ4n) is 0.913. The Bertz CT molecular complexity index is 341. The van der Waals surface area contributed by atoms with Crippen LogP contribution in [0.15, 0.2) is 12.1 Å². The lowest BCUT2D eigenvalue weighted by Crippen LogP contribution is -2.03. The first-order valence-corrected chi connectivity index (χ1v) is 4.93. The summed E-state index contributed by atoms with van der Waals surface area (Å²) in [7, 11) is 0. The van der Waals surface area contributed by atoms with Gasteiger partial charge in [0.25, 0.3) is 0 Å². The maximum atomic E-state index is 10.9. The molecule has 0 aliphatic heterocycles. The van der Waals surface area contributed by atoms with Gasteiger partial charge in [0.05, 0.1) is 6.42 Å². The van der Waals surface area contributed by atoms with Crippen molar-refractivity contribution in [2.24, 2.45) is 0 Å². The van der Waals surface area contributed by atoms with Gasteiger partial charge in [-0.1, -0.05) is 34.8 Å². The number of benzene rings is 1. The van der Waals surface area contributed by atoms with Crippen LogP contribution < -0.4 is 0 Å². The van der Waals surface area contributed by atoms with Gasteiger partial charge in [0.2, 0.25) is 0 Å². The largest absolute Gasteiger partial charge is 0.347 e. The summed E-state index contributed by atoms with van der Waals surface area (Å²) < 4.78 is 3.98. The number of carbonyl (C=O) groups is 1. The Kier molecular flexibility index (Phi) is 4.32. The summed E-state index contributed by atoms with van der Waals surface area (Å²) >= 11 is 22.2. The summed E-state index contributed by atoms with van der Waals surface area (Å²) in [6.07, 6.45) is -0.0850. The van der Waals surface area contributed by atoms with Gasteiger partial charge in [0.15, 0.2) is 0 Å². The summed E-state index contributed by atoms with van der Waals surface area (Å²) in [6, 6.07) is 2.98. The minimum absolute atomic E-state index is 0.0850. The fourth-order valence-corrected chi connectivity index (χ4v) is 1.92. The molecule has 0 aromatic heterocycles. The normalized spacial score (nSPS) is 10.0. The molecule has 0 saturated carbocycles. The van der Waals surface area contributed by atoms with Crippen LogP contribution >= 0.6 is 46.7 Å². The maximum absolute atomic E-state index is 10.9. The molecule has 1 aromatic carbocycles. The van der Waals surface area contributed by atoms with E-state index < -0.39 is 5.97 Å². The predicted molar refractivity (Wildman–Crippen MR) is 57.1 cm³/mol. The van der Waals surface area contributed by atoms with Crippen LogP contribution in [0.4, 0.5) is 0 Å². The zero-order valence-corrected chi connectivity index (χ0v) is 9.71. The van der Waals surface area contributed by atoms with Gasteiger partial charge in [-0.05, 0) is 12.1 Å². The summed E-state index contributed by atoms with van der Waals surface area (Å²) in [5.74, 6) is -0.627. The van der Waals surface area contributed by atoms with E-state index in [1.165, 1.54) is 12.1 Å². The second kappa shape index (κ2) is 5.08. The van der Waals surface area contributed by atoms with Gasteiger partial charge in [0.1, 0.15) is 11.9 Å². The van der Waals surface area contributed by atoms with Crippen LogP contribution in [0, 0.1) is 0 Å². The quantitative estimate of drug-likeness (QED) is 0.817. The molecular weight excluding hydrogens is 270 g/mol. The molecule has 0 saturated heterocycles.